The van der Waals surface area contributed by atoms with Gasteiger partial charge in [0.25, 0.3) is 0 Å². The van der Waals surface area contributed by atoms with Gasteiger partial charge in [-0.1, -0.05) is 96.6 Å². The molecule has 0 radical (unpaired) electrons. The maximum atomic E-state index is 2.41. The Morgan fingerprint density at radius 3 is 1.15 bits per heavy atom. The van der Waals surface area contributed by atoms with Crippen molar-refractivity contribution in [1.82, 2.24) is 0 Å². The Balaban J connectivity index is -0.00000162. The summed E-state index contributed by atoms with van der Waals surface area (Å²) in [4.78, 5) is 0. The van der Waals surface area contributed by atoms with Crippen LogP contribution < -0.4 is 29.6 Å². The smallest absolute Gasteiger partial charge is 1.00 e. The third-order valence-corrected chi connectivity index (χ3v) is 3.87. The monoisotopic (exact) mass is 290 g/mol. The second-order valence-electron chi connectivity index (χ2n) is 5.94. The van der Waals surface area contributed by atoms with Crippen LogP contribution in [0.2, 0.25) is 0 Å². The third kappa shape index (κ3) is 21.0. The molecule has 0 nitrogen and oxygen atoms in total. The second-order valence-corrected chi connectivity index (χ2v) is 5.94. The van der Waals surface area contributed by atoms with Crippen molar-refractivity contribution in [3.05, 3.63) is 12.2 Å². The van der Waals surface area contributed by atoms with E-state index in [1.165, 1.54) is 96.3 Å². The van der Waals surface area contributed by atoms with Gasteiger partial charge < -0.3 is 1.43 Å². The molecule has 0 aliphatic rings. The molecule has 0 aromatic heterocycles. The van der Waals surface area contributed by atoms with Crippen molar-refractivity contribution in [2.75, 3.05) is 0 Å². The number of rotatable bonds is 15. The maximum absolute atomic E-state index is 2.41. The molecule has 0 fully saturated rings. The Labute approximate surface area is 153 Å². The first-order chi connectivity index (χ1) is 9.41. The molecular formula is C19H39Na. The minimum Gasteiger partial charge on any atom is -1.00 e. The van der Waals surface area contributed by atoms with Crippen LogP contribution in [0.15, 0.2) is 12.2 Å². The van der Waals surface area contributed by atoms with Crippen LogP contribution in [0.1, 0.15) is 112 Å². The van der Waals surface area contributed by atoms with E-state index < -0.39 is 0 Å². The number of unbranched alkanes of at least 4 members (excludes halogenated alkanes) is 13. The topological polar surface area (TPSA) is 0 Å². The van der Waals surface area contributed by atoms with Crippen molar-refractivity contribution in [3.63, 3.8) is 0 Å². The summed E-state index contributed by atoms with van der Waals surface area (Å²) >= 11 is 0. The van der Waals surface area contributed by atoms with Crippen LogP contribution >= 0.6 is 0 Å². The molecule has 0 heterocycles. The standard InChI is InChI=1S/C19H38.Na.H/c1-3-5-7-9-11-13-15-17-19-18-16-14-12-10-8-6-4-2;;/h17,19H,3-16,18H2,1-2H3;;/q;+1;-1/b19-17-;;. The Hall–Kier alpha value is 0.740. The Kier molecular flexibility index (Phi) is 25.3. The molecule has 116 valence electrons. The molecule has 0 saturated carbocycles. The number of hydrogen-bond acceptors (Lipinski definition) is 0. The summed E-state index contributed by atoms with van der Waals surface area (Å²) in [6.07, 6.45) is 25.9. The summed E-state index contributed by atoms with van der Waals surface area (Å²) in [5.74, 6) is 0. The molecular weight excluding hydrogens is 251 g/mol. The summed E-state index contributed by atoms with van der Waals surface area (Å²) in [5, 5.41) is 0. The first-order valence-electron chi connectivity index (χ1n) is 9.06. The Morgan fingerprint density at radius 1 is 0.500 bits per heavy atom. The molecule has 0 amide bonds. The zero-order valence-electron chi connectivity index (χ0n) is 15.8. The zero-order valence-corrected chi connectivity index (χ0v) is 16.8. The molecule has 0 unspecified atom stereocenters. The van der Waals surface area contributed by atoms with E-state index in [0.717, 1.165) is 0 Å². The van der Waals surface area contributed by atoms with Gasteiger partial charge in [-0.3, -0.25) is 0 Å². The average molecular weight is 291 g/mol. The molecule has 0 saturated heterocycles. The van der Waals surface area contributed by atoms with E-state index in [1.54, 1.807) is 0 Å². The second kappa shape index (κ2) is 22.0. The molecule has 1 heteroatoms. The quantitative estimate of drug-likeness (QED) is 0.236. The molecule has 0 atom stereocenters. The van der Waals surface area contributed by atoms with Gasteiger partial charge in [-0.25, -0.2) is 0 Å². The molecule has 0 aliphatic heterocycles. The van der Waals surface area contributed by atoms with Crippen LogP contribution in [0, 0.1) is 0 Å². The van der Waals surface area contributed by atoms with Gasteiger partial charge in [-0.2, -0.15) is 0 Å². The van der Waals surface area contributed by atoms with E-state index in [9.17, 15) is 0 Å². The first kappa shape index (κ1) is 23.0. The summed E-state index contributed by atoms with van der Waals surface area (Å²) in [7, 11) is 0. The molecule has 0 spiro atoms. The number of allylic oxidation sites excluding steroid dienone is 2. The molecule has 0 bridgehead atoms. The minimum absolute atomic E-state index is 0. The maximum Gasteiger partial charge on any atom is 1.00 e. The van der Waals surface area contributed by atoms with Crippen LogP contribution in [0.5, 0.6) is 0 Å². The Morgan fingerprint density at radius 2 is 0.800 bits per heavy atom. The van der Waals surface area contributed by atoms with Gasteiger partial charge in [0.15, 0.2) is 0 Å². The van der Waals surface area contributed by atoms with E-state index in [-0.39, 0.29) is 31.0 Å². The van der Waals surface area contributed by atoms with E-state index in [1.807, 2.05) is 0 Å². The fraction of sp³-hybridized carbons (Fsp3) is 0.895. The van der Waals surface area contributed by atoms with Crippen LogP contribution in [0.3, 0.4) is 0 Å². The van der Waals surface area contributed by atoms with Gasteiger partial charge in [-0.15, -0.1) is 0 Å². The first-order valence-corrected chi connectivity index (χ1v) is 9.06. The molecule has 0 rings (SSSR count). The normalized spacial score (nSPS) is 10.9. The molecule has 0 aromatic rings. The summed E-state index contributed by atoms with van der Waals surface area (Å²) < 4.78 is 0. The summed E-state index contributed by atoms with van der Waals surface area (Å²) in [6.45, 7) is 4.57. The fourth-order valence-electron chi connectivity index (χ4n) is 2.50. The van der Waals surface area contributed by atoms with Crippen LogP contribution in [-0.4, -0.2) is 0 Å². The van der Waals surface area contributed by atoms with Gasteiger partial charge >= 0.3 is 29.6 Å². The van der Waals surface area contributed by atoms with Crippen LogP contribution in [-0.2, 0) is 0 Å². The minimum atomic E-state index is 0. The zero-order chi connectivity index (χ0) is 14.0. The van der Waals surface area contributed by atoms with Gasteiger partial charge in [0.1, 0.15) is 0 Å². The third-order valence-electron chi connectivity index (χ3n) is 3.87. The van der Waals surface area contributed by atoms with Crippen molar-refractivity contribution < 1.29 is 31.0 Å². The van der Waals surface area contributed by atoms with Crippen molar-refractivity contribution in [3.8, 4) is 0 Å². The summed E-state index contributed by atoms with van der Waals surface area (Å²) in [6, 6.07) is 0. The van der Waals surface area contributed by atoms with Crippen molar-refractivity contribution in [1.29, 1.82) is 0 Å². The van der Waals surface area contributed by atoms with E-state index in [2.05, 4.69) is 26.0 Å². The Bertz CT molecular complexity index is 180. The fourth-order valence-corrected chi connectivity index (χ4v) is 2.50. The van der Waals surface area contributed by atoms with Crippen molar-refractivity contribution in [2.45, 2.75) is 110 Å². The predicted molar refractivity (Wildman–Crippen MR) is 90.9 cm³/mol. The van der Waals surface area contributed by atoms with Crippen LogP contribution in [0.25, 0.3) is 0 Å². The van der Waals surface area contributed by atoms with Gasteiger partial charge in [-0.05, 0) is 25.7 Å². The molecule has 0 N–H and O–H groups in total. The molecule has 0 aromatic carbocycles. The summed E-state index contributed by atoms with van der Waals surface area (Å²) in [5.41, 5.74) is 0. The largest absolute Gasteiger partial charge is 1.00 e. The molecule has 0 aliphatic carbocycles. The van der Waals surface area contributed by atoms with Crippen LogP contribution in [0.4, 0.5) is 0 Å². The predicted octanol–water partition coefficient (Wildman–Crippen LogP) is 4.55. The van der Waals surface area contributed by atoms with Gasteiger partial charge in [0, 0.05) is 0 Å². The van der Waals surface area contributed by atoms with Crippen molar-refractivity contribution >= 4 is 0 Å². The SMILES string of the molecule is CCCCCCCC/C=C\CCCCCCCCC.[H-].[Na+]. The van der Waals surface area contributed by atoms with E-state index >= 15 is 0 Å². The van der Waals surface area contributed by atoms with E-state index in [0.29, 0.717) is 0 Å². The van der Waals surface area contributed by atoms with E-state index in [4.69, 9.17) is 0 Å². The average Bonchev–Trinajstić information content (AvgIpc) is 2.43. The van der Waals surface area contributed by atoms with Gasteiger partial charge in [0.2, 0.25) is 0 Å². The van der Waals surface area contributed by atoms with Gasteiger partial charge in [0.05, 0.1) is 0 Å². The molecule has 20 heavy (non-hydrogen) atoms. The van der Waals surface area contributed by atoms with Crippen molar-refractivity contribution in [2.24, 2.45) is 0 Å². The number of hydrogen-bond donors (Lipinski definition) is 0.